The Bertz CT molecular complexity index is 772. The van der Waals surface area contributed by atoms with Gasteiger partial charge < -0.3 is 10.2 Å². The van der Waals surface area contributed by atoms with Crippen LogP contribution < -0.4 is 5.32 Å². The predicted octanol–water partition coefficient (Wildman–Crippen LogP) is 3.88. The van der Waals surface area contributed by atoms with E-state index in [2.05, 4.69) is 80.5 Å². The number of quaternary nitrogens is 1. The molecule has 1 amide bonds. The lowest BCUT2D eigenvalue weighted by Crippen LogP contribution is -2.91. The summed E-state index contributed by atoms with van der Waals surface area (Å²) < 4.78 is 0. The second-order valence-corrected chi connectivity index (χ2v) is 9.74. The van der Waals surface area contributed by atoms with Gasteiger partial charge >= 0.3 is 0 Å². The molecule has 1 aromatic carbocycles. The Labute approximate surface area is 167 Å². The van der Waals surface area contributed by atoms with E-state index in [9.17, 15) is 4.79 Å². The molecule has 4 heteroatoms. The van der Waals surface area contributed by atoms with Crippen molar-refractivity contribution in [1.29, 1.82) is 0 Å². The molecule has 2 atom stereocenters. The van der Waals surface area contributed by atoms with Gasteiger partial charge in [-0.2, -0.15) is 0 Å². The molecule has 0 bridgehead atoms. The fourth-order valence-electron chi connectivity index (χ4n) is 3.70. The van der Waals surface area contributed by atoms with Crippen LogP contribution in [-0.4, -0.2) is 29.9 Å². The van der Waals surface area contributed by atoms with Gasteiger partial charge in [-0.05, 0) is 53.3 Å². The van der Waals surface area contributed by atoms with Gasteiger partial charge in [0.1, 0.15) is 0 Å². The Kier molecular flexibility index (Phi) is 6.07. The molecule has 2 heterocycles. The average Bonchev–Trinajstić information content (AvgIpc) is 3.13. The molecule has 1 aliphatic rings. The highest BCUT2D eigenvalue weighted by atomic mass is 32.1. The van der Waals surface area contributed by atoms with Gasteiger partial charge in [0, 0.05) is 11.4 Å². The van der Waals surface area contributed by atoms with Crippen molar-refractivity contribution in [3.05, 3.63) is 57.3 Å². The predicted molar refractivity (Wildman–Crippen MR) is 113 cm³/mol. The number of fused-ring (bicyclic) bond motifs is 1. The highest BCUT2D eigenvalue weighted by Gasteiger charge is 2.33. The van der Waals surface area contributed by atoms with E-state index in [1.54, 1.807) is 0 Å². The Morgan fingerprint density at radius 1 is 1.26 bits per heavy atom. The van der Waals surface area contributed by atoms with Gasteiger partial charge in [-0.25, -0.2) is 0 Å². The fraction of sp³-hybridized carbons (Fsp3) is 0.522. The smallest absolute Gasteiger partial charge is 0.278 e. The maximum absolute atomic E-state index is 13.1. The molecule has 0 radical (unpaired) electrons. The zero-order chi connectivity index (χ0) is 19.6. The number of hydrogen-bond donors (Lipinski definition) is 1. The van der Waals surface area contributed by atoms with Gasteiger partial charge in [0.25, 0.3) is 5.91 Å². The Morgan fingerprint density at radius 3 is 2.59 bits per heavy atom. The zero-order valence-corrected chi connectivity index (χ0v) is 18.1. The molecule has 0 aliphatic carbocycles. The van der Waals surface area contributed by atoms with Crippen LogP contribution in [0.3, 0.4) is 0 Å². The number of nitrogens with zero attached hydrogens (tertiary/aromatic N) is 1. The molecule has 1 aromatic heterocycles. The maximum atomic E-state index is 13.1. The molecule has 1 aliphatic heterocycles. The van der Waals surface area contributed by atoms with E-state index in [-0.39, 0.29) is 17.4 Å². The lowest BCUT2D eigenvalue weighted by molar-refractivity contribution is -0.676. The summed E-state index contributed by atoms with van der Waals surface area (Å²) in [5.74, 6) is 0.247. The number of amides is 1. The van der Waals surface area contributed by atoms with E-state index in [1.807, 2.05) is 11.3 Å². The van der Waals surface area contributed by atoms with Crippen molar-refractivity contribution in [2.24, 2.45) is 0 Å². The molecule has 146 valence electrons. The highest BCUT2D eigenvalue weighted by Crippen LogP contribution is 2.38. The quantitative estimate of drug-likeness (QED) is 0.833. The largest absolute Gasteiger partial charge is 0.336 e. The molecular formula is C23H33N2OS+. The molecule has 2 N–H and O–H groups in total. The van der Waals surface area contributed by atoms with Crippen LogP contribution >= 0.6 is 11.3 Å². The van der Waals surface area contributed by atoms with Crippen molar-refractivity contribution < 1.29 is 10.1 Å². The molecule has 0 fully saturated rings. The SMILES string of the molecule is CC[C@H](C)[NH2+]CC(=O)N1CCc2sccc2[C@H]1c1ccc(C(C)(C)C)cc1. The first-order chi connectivity index (χ1) is 12.8. The second kappa shape index (κ2) is 8.15. The van der Waals surface area contributed by atoms with Crippen LogP contribution in [0.15, 0.2) is 35.7 Å². The van der Waals surface area contributed by atoms with Crippen LogP contribution in [0.25, 0.3) is 0 Å². The summed E-state index contributed by atoms with van der Waals surface area (Å²) >= 11 is 1.82. The van der Waals surface area contributed by atoms with E-state index in [1.165, 1.54) is 21.6 Å². The highest BCUT2D eigenvalue weighted by molar-refractivity contribution is 7.10. The van der Waals surface area contributed by atoms with Gasteiger partial charge in [-0.3, -0.25) is 4.79 Å². The summed E-state index contributed by atoms with van der Waals surface area (Å²) in [6.45, 7) is 12.4. The van der Waals surface area contributed by atoms with E-state index in [0.29, 0.717) is 12.6 Å². The van der Waals surface area contributed by atoms with Gasteiger partial charge in [-0.1, -0.05) is 52.0 Å². The van der Waals surface area contributed by atoms with Crippen LogP contribution in [0.5, 0.6) is 0 Å². The fourth-order valence-corrected chi connectivity index (χ4v) is 4.60. The normalized spacial score (nSPS) is 18.3. The number of rotatable bonds is 5. The summed E-state index contributed by atoms with van der Waals surface area (Å²) in [5.41, 5.74) is 4.00. The summed E-state index contributed by atoms with van der Waals surface area (Å²) in [4.78, 5) is 16.6. The minimum atomic E-state index is 0.0480. The minimum Gasteiger partial charge on any atom is -0.336 e. The molecule has 3 nitrogen and oxygen atoms in total. The number of benzene rings is 1. The maximum Gasteiger partial charge on any atom is 0.278 e. The summed E-state index contributed by atoms with van der Waals surface area (Å²) in [6, 6.07) is 11.6. The summed E-state index contributed by atoms with van der Waals surface area (Å²) in [7, 11) is 0. The zero-order valence-electron chi connectivity index (χ0n) is 17.3. The third-order valence-electron chi connectivity index (χ3n) is 5.72. The molecular weight excluding hydrogens is 352 g/mol. The number of nitrogens with two attached hydrogens (primary N) is 1. The molecule has 2 aromatic rings. The van der Waals surface area contributed by atoms with E-state index in [0.717, 1.165) is 19.4 Å². The Morgan fingerprint density at radius 2 is 1.96 bits per heavy atom. The van der Waals surface area contributed by atoms with Gasteiger partial charge in [0.15, 0.2) is 6.54 Å². The van der Waals surface area contributed by atoms with E-state index >= 15 is 0 Å². The second-order valence-electron chi connectivity index (χ2n) is 8.74. The molecule has 0 saturated carbocycles. The van der Waals surface area contributed by atoms with Gasteiger partial charge in [-0.15, -0.1) is 11.3 Å². The van der Waals surface area contributed by atoms with E-state index < -0.39 is 0 Å². The van der Waals surface area contributed by atoms with Crippen LogP contribution in [0.1, 0.15) is 68.6 Å². The number of thiophene rings is 1. The Hall–Kier alpha value is -1.65. The van der Waals surface area contributed by atoms with Crippen LogP contribution in [-0.2, 0) is 16.6 Å². The van der Waals surface area contributed by atoms with Crippen molar-refractivity contribution in [1.82, 2.24) is 4.90 Å². The molecule has 0 spiro atoms. The topological polar surface area (TPSA) is 36.9 Å². The first-order valence-corrected chi connectivity index (χ1v) is 11.0. The van der Waals surface area contributed by atoms with Crippen LogP contribution in [0.4, 0.5) is 0 Å². The van der Waals surface area contributed by atoms with Crippen molar-refractivity contribution in [3.8, 4) is 0 Å². The van der Waals surface area contributed by atoms with E-state index in [4.69, 9.17) is 0 Å². The standard InChI is InChI=1S/C23H32N2OS/c1-6-16(2)24-15-21(26)25-13-11-20-19(12-14-27-20)22(25)17-7-9-18(10-8-17)23(3,4)5/h7-10,12,14,16,22,24H,6,11,13,15H2,1-5H3/p+1/t16-,22+/m0/s1. The van der Waals surface area contributed by atoms with Crippen molar-refractivity contribution in [2.45, 2.75) is 65.0 Å². The molecule has 0 saturated heterocycles. The monoisotopic (exact) mass is 385 g/mol. The van der Waals surface area contributed by atoms with Crippen LogP contribution in [0, 0.1) is 0 Å². The van der Waals surface area contributed by atoms with Crippen molar-refractivity contribution in [3.63, 3.8) is 0 Å². The lowest BCUT2D eigenvalue weighted by Gasteiger charge is -2.36. The third-order valence-corrected chi connectivity index (χ3v) is 6.71. The minimum absolute atomic E-state index is 0.0480. The number of hydrogen-bond acceptors (Lipinski definition) is 2. The molecule has 27 heavy (non-hydrogen) atoms. The molecule has 3 rings (SSSR count). The Balaban J connectivity index is 1.89. The van der Waals surface area contributed by atoms with Gasteiger partial charge in [0.2, 0.25) is 0 Å². The van der Waals surface area contributed by atoms with Gasteiger partial charge in [0.05, 0.1) is 12.1 Å². The first kappa shape index (κ1) is 20.1. The van der Waals surface area contributed by atoms with Crippen molar-refractivity contribution >= 4 is 17.2 Å². The van der Waals surface area contributed by atoms with Crippen LogP contribution in [0.2, 0.25) is 0 Å². The molecule has 0 unspecified atom stereocenters. The number of carbonyl (C=O) groups excluding carboxylic acids is 1. The number of carbonyl (C=O) groups is 1. The first-order valence-electron chi connectivity index (χ1n) is 10.1. The summed E-state index contributed by atoms with van der Waals surface area (Å²) in [5, 5.41) is 4.34. The van der Waals surface area contributed by atoms with Crippen molar-refractivity contribution in [2.75, 3.05) is 13.1 Å². The third kappa shape index (κ3) is 4.44. The average molecular weight is 386 g/mol. The summed E-state index contributed by atoms with van der Waals surface area (Å²) in [6.07, 6.45) is 2.05. The lowest BCUT2D eigenvalue weighted by atomic mass is 9.85.